The van der Waals surface area contributed by atoms with Crippen LogP contribution in [0.3, 0.4) is 0 Å². The minimum Gasteiger partial charge on any atom is -0.378 e. The Morgan fingerprint density at radius 2 is 1.83 bits per heavy atom. The van der Waals surface area contributed by atoms with Crippen molar-refractivity contribution in [3.05, 3.63) is 64.6 Å². The Bertz CT molecular complexity index is 1210. The molecule has 0 saturated carbocycles. The number of rotatable bonds is 7. The number of hydrogen-bond donors (Lipinski definition) is 0. The Labute approximate surface area is 210 Å². The molecular weight excluding hydrogens is 432 g/mol. The van der Waals surface area contributed by atoms with E-state index in [1.807, 2.05) is 4.52 Å². The normalized spacial score (nSPS) is 18.8. The Kier molecular flexibility index (Phi) is 7.08. The predicted molar refractivity (Wildman–Crippen MR) is 144 cm³/mol. The van der Waals surface area contributed by atoms with Crippen molar-refractivity contribution in [1.82, 2.24) is 19.5 Å². The first-order valence-corrected chi connectivity index (χ1v) is 13.4. The average molecular weight is 473 g/mol. The van der Waals surface area contributed by atoms with Crippen LogP contribution < -0.4 is 0 Å². The fourth-order valence-electron chi connectivity index (χ4n) is 5.98. The van der Waals surface area contributed by atoms with Gasteiger partial charge in [-0.05, 0) is 103 Å². The number of nitrogens with zero attached hydrogens (tertiary/aromatic N) is 4. The van der Waals surface area contributed by atoms with Crippen LogP contribution in [0.25, 0.3) is 16.8 Å². The van der Waals surface area contributed by atoms with Gasteiger partial charge in [-0.2, -0.15) is 5.10 Å². The maximum absolute atomic E-state index is 5.43. The number of likely N-dealkylation sites (tertiary alicyclic amines) is 1. The van der Waals surface area contributed by atoms with Gasteiger partial charge >= 0.3 is 0 Å². The molecule has 2 fully saturated rings. The zero-order chi connectivity index (χ0) is 24.5. The summed E-state index contributed by atoms with van der Waals surface area (Å²) in [7, 11) is 0. The molecule has 1 aromatic carbocycles. The molecule has 3 aromatic rings. The maximum Gasteiger partial charge on any atom is 0.155 e. The highest BCUT2D eigenvalue weighted by Crippen LogP contribution is 2.40. The third-order valence-electron chi connectivity index (χ3n) is 8.04. The summed E-state index contributed by atoms with van der Waals surface area (Å²) in [6.07, 6.45) is 8.47. The van der Waals surface area contributed by atoms with Crippen molar-refractivity contribution in [3.63, 3.8) is 0 Å². The molecule has 5 heteroatoms. The van der Waals surface area contributed by atoms with E-state index in [-0.39, 0.29) is 0 Å². The van der Waals surface area contributed by atoms with E-state index in [0.717, 1.165) is 31.7 Å². The molecule has 0 N–H and O–H groups in total. The first kappa shape index (κ1) is 24.2. The Morgan fingerprint density at radius 3 is 2.49 bits per heavy atom. The fraction of sp³-hybridized carbons (Fsp3) is 0.533. The molecule has 2 saturated heterocycles. The lowest BCUT2D eigenvalue weighted by atomic mass is 9.80. The molecular formula is C30H40N4O. The molecule has 0 unspecified atom stereocenters. The SMILES string of the molecule is CCC/C(=C(\c1cc(C2CCN(C3COC3)CC2)ccc1C)C(C)C)c1cn2ncnc2cc1C. The summed E-state index contributed by atoms with van der Waals surface area (Å²) in [5, 5.41) is 4.43. The van der Waals surface area contributed by atoms with Crippen LogP contribution >= 0.6 is 0 Å². The summed E-state index contributed by atoms with van der Waals surface area (Å²) in [5.41, 5.74) is 10.7. The van der Waals surface area contributed by atoms with E-state index >= 15 is 0 Å². The van der Waals surface area contributed by atoms with Crippen LogP contribution in [0.2, 0.25) is 0 Å². The second-order valence-corrected chi connectivity index (χ2v) is 10.8. The van der Waals surface area contributed by atoms with Crippen LogP contribution in [0.5, 0.6) is 0 Å². The maximum atomic E-state index is 5.43. The number of ether oxygens (including phenoxy) is 1. The van der Waals surface area contributed by atoms with E-state index in [9.17, 15) is 0 Å². The monoisotopic (exact) mass is 472 g/mol. The van der Waals surface area contributed by atoms with Gasteiger partial charge in [0.25, 0.3) is 0 Å². The quantitative estimate of drug-likeness (QED) is 0.405. The van der Waals surface area contributed by atoms with Gasteiger partial charge < -0.3 is 4.74 Å². The number of hydrogen-bond acceptors (Lipinski definition) is 4. The molecule has 0 radical (unpaired) electrons. The Balaban J connectivity index is 1.54. The minimum absolute atomic E-state index is 0.428. The Hall–Kier alpha value is -2.50. The van der Waals surface area contributed by atoms with Crippen LogP contribution in [0.15, 0.2) is 36.8 Å². The fourth-order valence-corrected chi connectivity index (χ4v) is 5.98. The molecule has 0 atom stereocenters. The molecule has 4 heterocycles. The highest BCUT2D eigenvalue weighted by molar-refractivity contribution is 5.93. The van der Waals surface area contributed by atoms with E-state index in [0.29, 0.717) is 17.9 Å². The van der Waals surface area contributed by atoms with Gasteiger partial charge in [0.2, 0.25) is 0 Å². The van der Waals surface area contributed by atoms with Gasteiger partial charge in [0.05, 0.1) is 19.3 Å². The number of pyridine rings is 1. The topological polar surface area (TPSA) is 42.7 Å². The summed E-state index contributed by atoms with van der Waals surface area (Å²) < 4.78 is 7.34. The number of aryl methyl sites for hydroxylation is 2. The summed E-state index contributed by atoms with van der Waals surface area (Å²) >= 11 is 0. The van der Waals surface area contributed by atoms with Crippen LogP contribution in [0.1, 0.15) is 80.2 Å². The van der Waals surface area contributed by atoms with Gasteiger partial charge in [0, 0.05) is 6.20 Å². The summed E-state index contributed by atoms with van der Waals surface area (Å²) in [5.74, 6) is 1.07. The summed E-state index contributed by atoms with van der Waals surface area (Å²) in [6, 6.07) is 10.1. The van der Waals surface area contributed by atoms with E-state index in [1.54, 1.807) is 6.33 Å². The predicted octanol–water partition coefficient (Wildman–Crippen LogP) is 6.29. The highest BCUT2D eigenvalue weighted by atomic mass is 16.5. The Morgan fingerprint density at radius 1 is 1.06 bits per heavy atom. The van der Waals surface area contributed by atoms with Crippen molar-refractivity contribution in [3.8, 4) is 0 Å². The third-order valence-corrected chi connectivity index (χ3v) is 8.04. The second kappa shape index (κ2) is 10.2. The van der Waals surface area contributed by atoms with Gasteiger partial charge in [-0.1, -0.05) is 45.4 Å². The number of benzene rings is 1. The molecule has 2 aliphatic rings. The lowest BCUT2D eigenvalue weighted by molar-refractivity contribution is -0.0712. The van der Waals surface area contributed by atoms with Crippen molar-refractivity contribution >= 4 is 16.8 Å². The highest BCUT2D eigenvalue weighted by Gasteiger charge is 2.30. The van der Waals surface area contributed by atoms with Gasteiger partial charge in [0.1, 0.15) is 6.33 Å². The molecule has 0 bridgehead atoms. The molecule has 2 aliphatic heterocycles. The smallest absolute Gasteiger partial charge is 0.155 e. The van der Waals surface area contributed by atoms with Gasteiger partial charge in [0.15, 0.2) is 5.65 Å². The second-order valence-electron chi connectivity index (χ2n) is 10.8. The first-order chi connectivity index (χ1) is 17.0. The minimum atomic E-state index is 0.428. The van der Waals surface area contributed by atoms with E-state index in [1.165, 1.54) is 64.9 Å². The standard InChI is InChI=1S/C30H40N4O/c1-6-7-26(28-16-34-29(14-22(28)5)31-19-32-34)30(20(2)3)27-15-24(9-8-21(27)4)23-10-12-33(13-11-23)25-17-35-18-25/h8-9,14-16,19-20,23,25H,6-7,10-13,17-18H2,1-5H3/b30-26+. The van der Waals surface area contributed by atoms with Crippen molar-refractivity contribution in [2.45, 2.75) is 72.3 Å². The molecule has 5 rings (SSSR count). The molecule has 35 heavy (non-hydrogen) atoms. The van der Waals surface area contributed by atoms with Crippen LogP contribution in [0.4, 0.5) is 0 Å². The molecule has 0 spiro atoms. The zero-order valence-electron chi connectivity index (χ0n) is 22.1. The van der Waals surface area contributed by atoms with Gasteiger partial charge in [-0.25, -0.2) is 9.50 Å². The number of aromatic nitrogens is 3. The van der Waals surface area contributed by atoms with Crippen molar-refractivity contribution in [1.29, 1.82) is 0 Å². The summed E-state index contributed by atoms with van der Waals surface area (Å²) in [4.78, 5) is 7.03. The molecule has 0 aliphatic carbocycles. The van der Waals surface area contributed by atoms with Crippen molar-refractivity contribution < 1.29 is 4.74 Å². The summed E-state index contributed by atoms with van der Waals surface area (Å²) in [6.45, 7) is 15.7. The molecule has 5 nitrogen and oxygen atoms in total. The zero-order valence-corrected chi connectivity index (χ0v) is 22.1. The lowest BCUT2D eigenvalue weighted by Crippen LogP contribution is -2.51. The number of allylic oxidation sites excluding steroid dienone is 2. The average Bonchev–Trinajstić information content (AvgIpc) is 3.26. The van der Waals surface area contributed by atoms with E-state index < -0.39 is 0 Å². The third kappa shape index (κ3) is 4.81. The number of fused-ring (bicyclic) bond motifs is 1. The van der Waals surface area contributed by atoms with Crippen molar-refractivity contribution in [2.24, 2.45) is 5.92 Å². The lowest BCUT2D eigenvalue weighted by Gasteiger charge is -2.41. The largest absolute Gasteiger partial charge is 0.378 e. The molecule has 186 valence electrons. The van der Waals surface area contributed by atoms with Gasteiger partial charge in [-0.3, -0.25) is 4.90 Å². The van der Waals surface area contributed by atoms with E-state index in [2.05, 4.69) is 80.1 Å². The molecule has 0 amide bonds. The van der Waals surface area contributed by atoms with Crippen molar-refractivity contribution in [2.75, 3.05) is 26.3 Å². The van der Waals surface area contributed by atoms with Crippen LogP contribution in [-0.4, -0.2) is 51.8 Å². The van der Waals surface area contributed by atoms with E-state index in [4.69, 9.17) is 4.74 Å². The van der Waals surface area contributed by atoms with Crippen LogP contribution in [0, 0.1) is 19.8 Å². The van der Waals surface area contributed by atoms with Gasteiger partial charge in [-0.15, -0.1) is 0 Å². The number of piperidine rings is 1. The molecule has 2 aromatic heterocycles. The first-order valence-electron chi connectivity index (χ1n) is 13.4. The van der Waals surface area contributed by atoms with Crippen LogP contribution in [-0.2, 0) is 4.74 Å².